The zero-order chi connectivity index (χ0) is 25.3. The Hall–Kier alpha value is -2.78. The molecule has 0 atom stereocenters. The number of amidine groups is 1. The SMILES string of the molecule is C=CN(C(=O)/C=C(\C)c1cn[nH]c1)/C(C)=N/c1sc(N(C)C2CC(C)(C)NC(C)(C)C2)nc1C. The Kier molecular flexibility index (Phi) is 7.47. The van der Waals surface area contributed by atoms with E-state index in [9.17, 15) is 4.79 Å². The van der Waals surface area contributed by atoms with Crippen molar-refractivity contribution in [2.45, 2.75) is 78.4 Å². The summed E-state index contributed by atoms with van der Waals surface area (Å²) in [6.45, 7) is 18.5. The summed E-state index contributed by atoms with van der Waals surface area (Å²) < 4.78 is 0. The van der Waals surface area contributed by atoms with Gasteiger partial charge in [0.25, 0.3) is 5.91 Å². The molecule has 1 aliphatic heterocycles. The lowest BCUT2D eigenvalue weighted by atomic mass is 9.79. The van der Waals surface area contributed by atoms with Crippen molar-refractivity contribution in [3.63, 3.8) is 0 Å². The average molecular weight is 484 g/mol. The number of aromatic amines is 1. The molecule has 1 saturated heterocycles. The highest BCUT2D eigenvalue weighted by molar-refractivity contribution is 7.19. The number of carbonyl (C=O) groups is 1. The first-order valence-electron chi connectivity index (χ1n) is 11.5. The molecule has 0 aliphatic carbocycles. The number of aromatic nitrogens is 3. The molecule has 3 heterocycles. The van der Waals surface area contributed by atoms with Crippen LogP contribution in [-0.4, -0.2) is 56.0 Å². The van der Waals surface area contributed by atoms with Crippen LogP contribution in [0.2, 0.25) is 0 Å². The number of rotatable bonds is 6. The number of nitrogens with one attached hydrogen (secondary N) is 2. The maximum Gasteiger partial charge on any atom is 0.256 e. The fourth-order valence-corrected chi connectivity index (χ4v) is 5.73. The van der Waals surface area contributed by atoms with Gasteiger partial charge in [-0.15, -0.1) is 0 Å². The summed E-state index contributed by atoms with van der Waals surface area (Å²) in [5.74, 6) is 0.329. The van der Waals surface area contributed by atoms with Gasteiger partial charge in [0.05, 0.1) is 11.9 Å². The highest BCUT2D eigenvalue weighted by atomic mass is 32.1. The largest absolute Gasteiger partial charge is 0.348 e. The Balaban J connectivity index is 1.80. The van der Waals surface area contributed by atoms with E-state index >= 15 is 0 Å². The molecule has 0 aromatic carbocycles. The predicted molar refractivity (Wildman–Crippen MR) is 142 cm³/mol. The highest BCUT2D eigenvalue weighted by Gasteiger charge is 2.39. The van der Waals surface area contributed by atoms with Crippen molar-refractivity contribution < 1.29 is 4.79 Å². The van der Waals surface area contributed by atoms with Gasteiger partial charge in [0.15, 0.2) is 5.13 Å². The molecule has 184 valence electrons. The smallest absolute Gasteiger partial charge is 0.256 e. The van der Waals surface area contributed by atoms with Crippen molar-refractivity contribution in [3.8, 4) is 0 Å². The second-order valence-corrected chi connectivity index (χ2v) is 11.3. The van der Waals surface area contributed by atoms with Crippen LogP contribution >= 0.6 is 11.3 Å². The minimum Gasteiger partial charge on any atom is -0.348 e. The van der Waals surface area contributed by atoms with Gasteiger partial charge < -0.3 is 10.2 Å². The molecule has 3 rings (SSSR count). The van der Waals surface area contributed by atoms with Crippen LogP contribution in [0.1, 0.15) is 65.6 Å². The number of thiazole rings is 1. The first-order chi connectivity index (χ1) is 15.8. The fraction of sp³-hybridized carbons (Fsp3) is 0.520. The minimum absolute atomic E-state index is 0.0531. The topological polar surface area (TPSA) is 89.5 Å². The van der Waals surface area contributed by atoms with E-state index < -0.39 is 0 Å². The minimum atomic E-state index is -0.214. The second kappa shape index (κ2) is 9.84. The number of allylic oxidation sites excluding steroid dienone is 1. The molecule has 9 heteroatoms. The van der Waals surface area contributed by atoms with Crippen molar-refractivity contribution in [1.82, 2.24) is 25.4 Å². The normalized spacial score (nSPS) is 18.6. The first-order valence-corrected chi connectivity index (χ1v) is 12.3. The van der Waals surface area contributed by atoms with Crippen molar-refractivity contribution >= 4 is 38.8 Å². The van der Waals surface area contributed by atoms with Crippen LogP contribution in [0.3, 0.4) is 0 Å². The lowest BCUT2D eigenvalue weighted by Crippen LogP contribution is -2.61. The van der Waals surface area contributed by atoms with Gasteiger partial charge in [-0.2, -0.15) is 5.10 Å². The van der Waals surface area contributed by atoms with Gasteiger partial charge in [-0.05, 0) is 66.9 Å². The summed E-state index contributed by atoms with van der Waals surface area (Å²) in [4.78, 5) is 26.2. The number of aliphatic imine (C=N–C) groups is 1. The van der Waals surface area contributed by atoms with Crippen molar-refractivity contribution in [2.75, 3.05) is 11.9 Å². The fourth-order valence-electron chi connectivity index (χ4n) is 4.71. The molecule has 8 nitrogen and oxygen atoms in total. The molecule has 1 fully saturated rings. The van der Waals surface area contributed by atoms with E-state index in [4.69, 9.17) is 9.98 Å². The lowest BCUT2D eigenvalue weighted by Gasteiger charge is -2.48. The third-order valence-electron chi connectivity index (χ3n) is 6.10. The van der Waals surface area contributed by atoms with Gasteiger partial charge in [-0.3, -0.25) is 14.8 Å². The number of hydrogen-bond acceptors (Lipinski definition) is 7. The molecule has 1 amide bonds. The Morgan fingerprint density at radius 1 is 1.26 bits per heavy atom. The Labute approximate surface area is 206 Å². The number of anilines is 1. The molecule has 0 unspecified atom stereocenters. The summed E-state index contributed by atoms with van der Waals surface area (Å²) in [6.07, 6.45) is 8.55. The standard InChI is InChI=1S/C25H37N7OS/c1-10-32(21(33)11-16(2)19-14-26-27-15-19)18(4)29-22-17(3)28-23(34-22)31(9)20-12-24(5,6)30-25(7,8)13-20/h10-11,14-15,20,30H,1,12-13H2,2-9H3,(H,26,27)/b16-11+,29-18+. The Morgan fingerprint density at radius 2 is 1.91 bits per heavy atom. The van der Waals surface area contributed by atoms with Gasteiger partial charge in [0, 0.05) is 48.2 Å². The van der Waals surface area contributed by atoms with Gasteiger partial charge >= 0.3 is 0 Å². The van der Waals surface area contributed by atoms with E-state index in [2.05, 4.69) is 61.7 Å². The Morgan fingerprint density at radius 3 is 2.47 bits per heavy atom. The van der Waals surface area contributed by atoms with Crippen LogP contribution in [0.5, 0.6) is 0 Å². The van der Waals surface area contributed by atoms with Crippen molar-refractivity contribution in [2.24, 2.45) is 4.99 Å². The summed E-state index contributed by atoms with van der Waals surface area (Å²) in [5.41, 5.74) is 2.63. The van der Waals surface area contributed by atoms with E-state index in [1.807, 2.05) is 13.8 Å². The van der Waals surface area contributed by atoms with Gasteiger partial charge in [-0.1, -0.05) is 17.9 Å². The predicted octanol–water partition coefficient (Wildman–Crippen LogP) is 5.05. The monoisotopic (exact) mass is 483 g/mol. The molecular weight excluding hydrogens is 446 g/mol. The van der Waals surface area contributed by atoms with Crippen LogP contribution in [0.25, 0.3) is 5.57 Å². The highest BCUT2D eigenvalue weighted by Crippen LogP contribution is 2.38. The third-order valence-corrected chi connectivity index (χ3v) is 7.25. The number of carbonyl (C=O) groups excluding carboxylic acids is 1. The first kappa shape index (κ1) is 25.8. The van der Waals surface area contributed by atoms with Crippen LogP contribution in [0, 0.1) is 6.92 Å². The van der Waals surface area contributed by atoms with Crippen molar-refractivity contribution in [1.29, 1.82) is 0 Å². The zero-order valence-electron chi connectivity index (χ0n) is 21.6. The summed E-state index contributed by atoms with van der Waals surface area (Å²) in [7, 11) is 2.11. The van der Waals surface area contributed by atoms with Crippen LogP contribution in [0.15, 0.2) is 36.2 Å². The average Bonchev–Trinajstić information content (AvgIpc) is 3.36. The lowest BCUT2D eigenvalue weighted by molar-refractivity contribution is -0.120. The summed E-state index contributed by atoms with van der Waals surface area (Å²) in [6, 6.07) is 0.372. The maximum absolute atomic E-state index is 12.9. The van der Waals surface area contributed by atoms with Crippen LogP contribution in [-0.2, 0) is 4.79 Å². The number of hydrogen-bond donors (Lipinski definition) is 2. The number of H-pyrrole nitrogens is 1. The molecular formula is C25H37N7OS. The molecule has 0 spiro atoms. The molecule has 2 aromatic heterocycles. The molecule has 2 N–H and O–H groups in total. The number of piperidine rings is 1. The number of aryl methyl sites for hydroxylation is 1. The van der Waals surface area contributed by atoms with E-state index in [1.165, 1.54) is 11.1 Å². The summed E-state index contributed by atoms with van der Waals surface area (Å²) >= 11 is 1.55. The van der Waals surface area contributed by atoms with E-state index in [-0.39, 0.29) is 17.0 Å². The summed E-state index contributed by atoms with van der Waals surface area (Å²) in [5, 5.41) is 12.2. The van der Waals surface area contributed by atoms with E-state index in [0.717, 1.165) is 39.8 Å². The van der Waals surface area contributed by atoms with Crippen LogP contribution < -0.4 is 10.2 Å². The molecule has 0 bridgehead atoms. The molecule has 0 radical (unpaired) electrons. The molecule has 34 heavy (non-hydrogen) atoms. The van der Waals surface area contributed by atoms with Crippen molar-refractivity contribution in [3.05, 3.63) is 42.5 Å². The van der Waals surface area contributed by atoms with Gasteiger partial charge in [0.2, 0.25) is 0 Å². The molecule has 2 aromatic rings. The third kappa shape index (κ3) is 6.01. The van der Waals surface area contributed by atoms with Gasteiger partial charge in [-0.25, -0.2) is 9.98 Å². The second-order valence-electron chi connectivity index (χ2n) is 10.3. The zero-order valence-corrected chi connectivity index (χ0v) is 22.4. The van der Waals surface area contributed by atoms with E-state index in [0.29, 0.717) is 11.9 Å². The number of amides is 1. The van der Waals surface area contributed by atoms with E-state index in [1.54, 1.807) is 36.7 Å². The quantitative estimate of drug-likeness (QED) is 0.341. The Bertz CT molecular complexity index is 1080. The molecule has 0 saturated carbocycles. The molecule has 1 aliphatic rings. The van der Waals surface area contributed by atoms with Gasteiger partial charge in [0.1, 0.15) is 10.8 Å². The maximum atomic E-state index is 12.9. The number of nitrogens with zero attached hydrogens (tertiary/aromatic N) is 5. The van der Waals surface area contributed by atoms with Crippen LogP contribution in [0.4, 0.5) is 10.1 Å².